The SMILES string of the molecule is CC=COCCC[Si](OC(C)(C)C)(OC(C)(C)C)OC(C)(C)C. The van der Waals surface area contributed by atoms with Crippen molar-refractivity contribution in [1.29, 1.82) is 0 Å². The lowest BCUT2D eigenvalue weighted by Crippen LogP contribution is -2.57. The van der Waals surface area contributed by atoms with Crippen LogP contribution in [0.15, 0.2) is 12.3 Å². The first-order chi connectivity index (χ1) is 10.2. The van der Waals surface area contributed by atoms with E-state index in [2.05, 4.69) is 0 Å². The van der Waals surface area contributed by atoms with Crippen molar-refractivity contribution < 1.29 is 18.0 Å². The van der Waals surface area contributed by atoms with Gasteiger partial charge in [0.05, 0.1) is 29.7 Å². The monoisotopic (exact) mass is 346 g/mol. The van der Waals surface area contributed by atoms with Gasteiger partial charge < -0.3 is 18.0 Å². The number of hydrogen-bond donors (Lipinski definition) is 0. The average Bonchev–Trinajstić information content (AvgIpc) is 2.20. The molecule has 0 bridgehead atoms. The summed E-state index contributed by atoms with van der Waals surface area (Å²) < 4.78 is 24.7. The van der Waals surface area contributed by atoms with Gasteiger partial charge in [0.1, 0.15) is 0 Å². The maximum atomic E-state index is 6.40. The largest absolute Gasteiger partial charge is 0.502 e. The summed E-state index contributed by atoms with van der Waals surface area (Å²) in [6.07, 6.45) is 4.43. The van der Waals surface area contributed by atoms with Gasteiger partial charge in [-0.1, -0.05) is 6.08 Å². The predicted octanol–water partition coefficient (Wildman–Crippen LogP) is 5.31. The van der Waals surface area contributed by atoms with Crippen LogP contribution in [0.5, 0.6) is 0 Å². The quantitative estimate of drug-likeness (QED) is 0.339. The highest BCUT2D eigenvalue weighted by molar-refractivity contribution is 6.61. The van der Waals surface area contributed by atoms with E-state index < -0.39 is 8.80 Å². The van der Waals surface area contributed by atoms with Crippen molar-refractivity contribution in [2.45, 2.75) is 98.5 Å². The summed E-state index contributed by atoms with van der Waals surface area (Å²) in [5, 5.41) is 0. The lowest BCUT2D eigenvalue weighted by molar-refractivity contribution is -0.0758. The van der Waals surface area contributed by atoms with Crippen molar-refractivity contribution in [2.24, 2.45) is 0 Å². The molecule has 0 atom stereocenters. The van der Waals surface area contributed by atoms with Gasteiger partial charge >= 0.3 is 8.80 Å². The molecule has 0 unspecified atom stereocenters. The Kier molecular flexibility index (Phi) is 8.51. The fourth-order valence-corrected chi connectivity index (χ4v) is 5.96. The topological polar surface area (TPSA) is 36.9 Å². The number of ether oxygens (including phenoxy) is 1. The van der Waals surface area contributed by atoms with Crippen LogP contribution in [0.1, 0.15) is 75.7 Å². The summed E-state index contributed by atoms with van der Waals surface area (Å²) in [5.41, 5.74) is -0.979. The Bertz CT molecular complexity index is 318. The Labute approximate surface area is 144 Å². The molecule has 23 heavy (non-hydrogen) atoms. The molecule has 0 N–H and O–H groups in total. The van der Waals surface area contributed by atoms with E-state index >= 15 is 0 Å². The first-order valence-corrected chi connectivity index (χ1v) is 10.4. The van der Waals surface area contributed by atoms with Crippen molar-refractivity contribution in [3.63, 3.8) is 0 Å². The van der Waals surface area contributed by atoms with Crippen LogP contribution in [0, 0.1) is 0 Å². The van der Waals surface area contributed by atoms with Gasteiger partial charge in [-0.15, -0.1) is 0 Å². The first-order valence-electron chi connectivity index (χ1n) is 8.51. The van der Waals surface area contributed by atoms with Crippen LogP contribution in [0.3, 0.4) is 0 Å². The van der Waals surface area contributed by atoms with E-state index in [0.29, 0.717) is 6.61 Å². The van der Waals surface area contributed by atoms with Crippen LogP contribution in [0.25, 0.3) is 0 Å². The second-order valence-corrected chi connectivity index (χ2v) is 11.2. The summed E-state index contributed by atoms with van der Waals surface area (Å²) >= 11 is 0. The van der Waals surface area contributed by atoms with Gasteiger partial charge in [-0.2, -0.15) is 0 Å². The summed E-state index contributed by atoms with van der Waals surface area (Å²) in [7, 11) is -2.87. The molecule has 0 amide bonds. The van der Waals surface area contributed by atoms with Crippen molar-refractivity contribution in [3.05, 3.63) is 12.3 Å². The van der Waals surface area contributed by atoms with E-state index in [1.54, 1.807) is 6.26 Å². The van der Waals surface area contributed by atoms with E-state index in [-0.39, 0.29) is 16.8 Å². The Morgan fingerprint density at radius 3 is 1.43 bits per heavy atom. The van der Waals surface area contributed by atoms with Gasteiger partial charge in [-0.3, -0.25) is 0 Å². The zero-order valence-electron chi connectivity index (χ0n) is 16.9. The molecule has 0 heterocycles. The van der Waals surface area contributed by atoms with Crippen molar-refractivity contribution in [1.82, 2.24) is 0 Å². The molecule has 0 aromatic heterocycles. The number of rotatable bonds is 8. The molecular weight excluding hydrogens is 308 g/mol. The van der Waals surface area contributed by atoms with Gasteiger partial charge in [-0.25, -0.2) is 0 Å². The molecule has 0 rings (SSSR count). The van der Waals surface area contributed by atoms with Gasteiger partial charge in [-0.05, 0) is 75.7 Å². The van der Waals surface area contributed by atoms with Gasteiger partial charge in [0.25, 0.3) is 0 Å². The van der Waals surface area contributed by atoms with E-state index in [1.165, 1.54) is 0 Å². The van der Waals surface area contributed by atoms with Crippen LogP contribution in [-0.4, -0.2) is 32.2 Å². The van der Waals surface area contributed by atoms with Crippen LogP contribution in [0.4, 0.5) is 0 Å². The van der Waals surface area contributed by atoms with E-state index in [4.69, 9.17) is 18.0 Å². The lowest BCUT2D eigenvalue weighted by atomic mass is 10.2. The molecule has 0 spiro atoms. The molecule has 5 heteroatoms. The molecule has 0 fully saturated rings. The summed E-state index contributed by atoms with van der Waals surface area (Å²) in [6, 6.07) is 0.733. The molecule has 0 aliphatic carbocycles. The maximum Gasteiger partial charge on any atom is 0.502 e. The fourth-order valence-electron chi connectivity index (χ4n) is 2.15. The highest BCUT2D eigenvalue weighted by Gasteiger charge is 2.49. The molecule has 0 aromatic rings. The summed E-state index contributed by atoms with van der Waals surface area (Å²) in [4.78, 5) is 0. The third-order valence-electron chi connectivity index (χ3n) is 2.36. The van der Waals surface area contributed by atoms with Gasteiger partial charge in [0.2, 0.25) is 0 Å². The number of hydrogen-bond acceptors (Lipinski definition) is 4. The summed E-state index contributed by atoms with van der Waals surface area (Å²) in [5.74, 6) is 0. The van der Waals surface area contributed by atoms with Crippen molar-refractivity contribution >= 4 is 8.80 Å². The molecule has 0 saturated heterocycles. The minimum Gasteiger partial charge on any atom is -0.502 e. The highest BCUT2D eigenvalue weighted by atomic mass is 28.4. The van der Waals surface area contributed by atoms with Crippen LogP contribution >= 0.6 is 0 Å². The van der Waals surface area contributed by atoms with Crippen LogP contribution < -0.4 is 0 Å². The van der Waals surface area contributed by atoms with Crippen LogP contribution in [0.2, 0.25) is 6.04 Å². The molecule has 4 nitrogen and oxygen atoms in total. The van der Waals surface area contributed by atoms with E-state index in [0.717, 1.165) is 12.5 Å². The van der Waals surface area contributed by atoms with Gasteiger partial charge in [0, 0.05) is 6.04 Å². The average molecular weight is 347 g/mol. The Hall–Kier alpha value is -0.363. The molecule has 0 radical (unpaired) electrons. The maximum absolute atomic E-state index is 6.40. The Morgan fingerprint density at radius 2 is 1.13 bits per heavy atom. The molecule has 0 aromatic carbocycles. The second kappa shape index (κ2) is 8.65. The smallest absolute Gasteiger partial charge is 0.502 e. The zero-order valence-corrected chi connectivity index (χ0v) is 17.9. The molecule has 0 aliphatic rings. The molecule has 138 valence electrons. The normalized spacial score (nSPS) is 14.5. The lowest BCUT2D eigenvalue weighted by Gasteiger charge is -2.43. The third kappa shape index (κ3) is 12.7. The zero-order chi connectivity index (χ0) is 18.4. The van der Waals surface area contributed by atoms with Crippen molar-refractivity contribution in [3.8, 4) is 0 Å². The minimum atomic E-state index is -2.87. The van der Waals surface area contributed by atoms with E-state index in [9.17, 15) is 0 Å². The number of allylic oxidation sites excluding steroid dienone is 1. The first kappa shape index (κ1) is 22.6. The minimum absolute atomic E-state index is 0.326. The standard InChI is InChI=1S/C18H38O4Si/c1-11-13-19-14-12-15-23(20-16(2,3)4,21-17(5,6)7)22-18(8,9)10/h11,13H,12,14-15H2,1-10H3. The van der Waals surface area contributed by atoms with Gasteiger partial charge in [0.15, 0.2) is 0 Å². The van der Waals surface area contributed by atoms with Crippen LogP contribution in [-0.2, 0) is 18.0 Å². The second-order valence-electron chi connectivity index (χ2n) is 8.77. The Balaban J connectivity index is 5.28. The molecule has 0 aliphatic heterocycles. The molecular formula is C18H38O4Si. The fraction of sp³-hybridized carbons (Fsp3) is 0.889. The van der Waals surface area contributed by atoms with E-state index in [1.807, 2.05) is 75.3 Å². The highest BCUT2D eigenvalue weighted by Crippen LogP contribution is 2.32. The Morgan fingerprint density at radius 1 is 0.739 bits per heavy atom. The third-order valence-corrected chi connectivity index (χ3v) is 6.10. The predicted molar refractivity (Wildman–Crippen MR) is 98.5 cm³/mol. The molecule has 0 saturated carbocycles. The van der Waals surface area contributed by atoms with Crippen molar-refractivity contribution in [2.75, 3.05) is 6.61 Å². The summed E-state index contributed by atoms with van der Waals surface area (Å²) in [6.45, 7) is 21.0.